The number of carboxylic acid groups (broad SMARTS) is 1. The number of hydrogen-bond donors (Lipinski definition) is 1. The van der Waals surface area contributed by atoms with Gasteiger partial charge in [0, 0.05) is 6.21 Å². The van der Waals surface area contributed by atoms with Gasteiger partial charge in [0.15, 0.2) is 0 Å². The average molecular weight is 259 g/mol. The summed E-state index contributed by atoms with van der Waals surface area (Å²) in [5, 5.41) is 8.83. The largest absolute Gasteiger partial charge is 0.496 e. The predicted octanol–water partition coefficient (Wildman–Crippen LogP) is 2.24. The number of benzene rings is 1. The van der Waals surface area contributed by atoms with Gasteiger partial charge >= 0.3 is 12.1 Å². The van der Waals surface area contributed by atoms with Crippen LogP contribution in [-0.4, -0.2) is 30.6 Å². The molecule has 0 bridgehead atoms. The molecule has 0 saturated carbocycles. The van der Waals surface area contributed by atoms with E-state index in [1.54, 1.807) is 0 Å². The molecule has 0 fully saturated rings. The predicted molar refractivity (Wildman–Crippen MR) is 56.2 cm³/mol. The molecule has 1 heterocycles. The van der Waals surface area contributed by atoms with Crippen molar-refractivity contribution in [2.75, 3.05) is 7.11 Å². The molecule has 0 saturated heterocycles. The molecule has 1 aromatic carbocycles. The molecule has 2 rings (SSSR count). The third kappa shape index (κ3) is 1.71. The van der Waals surface area contributed by atoms with E-state index in [4.69, 9.17) is 9.84 Å². The second kappa shape index (κ2) is 3.72. The molecule has 0 amide bonds. The minimum Gasteiger partial charge on any atom is -0.496 e. The topological polar surface area (TPSA) is 58.9 Å². The molecule has 1 aromatic rings. The molecule has 1 N–H and O–H groups in total. The van der Waals surface area contributed by atoms with Crippen LogP contribution in [0.2, 0.25) is 0 Å². The highest BCUT2D eigenvalue weighted by molar-refractivity contribution is 5.92. The fraction of sp³-hybridized carbons (Fsp3) is 0.273. The lowest BCUT2D eigenvalue weighted by Crippen LogP contribution is -2.32. The molecule has 1 atom stereocenters. The number of hydrogen-bond acceptors (Lipinski definition) is 3. The highest BCUT2D eigenvalue weighted by Gasteiger charge is 2.62. The molecule has 0 spiro atoms. The van der Waals surface area contributed by atoms with Crippen molar-refractivity contribution >= 4 is 12.2 Å². The molecular formula is C11H8F3NO3. The third-order valence-corrected chi connectivity index (χ3v) is 2.69. The zero-order valence-electron chi connectivity index (χ0n) is 9.15. The summed E-state index contributed by atoms with van der Waals surface area (Å²) in [7, 11) is 1.19. The summed E-state index contributed by atoms with van der Waals surface area (Å²) < 4.78 is 43.2. The molecule has 4 nitrogen and oxygen atoms in total. The summed E-state index contributed by atoms with van der Waals surface area (Å²) in [5.41, 5.74) is -2.67. The molecular weight excluding hydrogens is 251 g/mol. The van der Waals surface area contributed by atoms with Crippen molar-refractivity contribution in [2.24, 2.45) is 4.99 Å². The number of aliphatic imine (C=N–C) groups is 1. The van der Waals surface area contributed by atoms with Crippen molar-refractivity contribution in [3.8, 4) is 5.75 Å². The summed E-state index contributed by atoms with van der Waals surface area (Å²) in [6.07, 6.45) is -3.76. The Labute approximate surface area is 99.7 Å². The van der Waals surface area contributed by atoms with Gasteiger partial charge in [0.25, 0.3) is 0 Å². The zero-order chi connectivity index (χ0) is 13.6. The van der Waals surface area contributed by atoms with Gasteiger partial charge < -0.3 is 9.84 Å². The van der Waals surface area contributed by atoms with Crippen molar-refractivity contribution in [3.05, 3.63) is 29.3 Å². The molecule has 96 valence electrons. The zero-order valence-corrected chi connectivity index (χ0v) is 9.15. The maximum Gasteiger partial charge on any atom is 0.422 e. The van der Waals surface area contributed by atoms with Crippen LogP contribution in [0.1, 0.15) is 15.9 Å². The highest BCUT2D eigenvalue weighted by atomic mass is 19.4. The van der Waals surface area contributed by atoms with Crippen LogP contribution < -0.4 is 4.74 Å². The third-order valence-electron chi connectivity index (χ3n) is 2.69. The maximum absolute atomic E-state index is 12.8. The lowest BCUT2D eigenvalue weighted by Gasteiger charge is -2.18. The number of alkyl halides is 3. The second-order valence-electron chi connectivity index (χ2n) is 3.74. The second-order valence-corrected chi connectivity index (χ2v) is 3.74. The van der Waals surface area contributed by atoms with Crippen LogP contribution in [0.15, 0.2) is 23.2 Å². The fourth-order valence-electron chi connectivity index (χ4n) is 1.63. The van der Waals surface area contributed by atoms with E-state index in [1.165, 1.54) is 7.11 Å². The monoisotopic (exact) mass is 259 g/mol. The van der Waals surface area contributed by atoms with Crippen LogP contribution in [0.5, 0.6) is 5.75 Å². The Morgan fingerprint density at radius 3 is 2.44 bits per heavy atom. The lowest BCUT2D eigenvalue weighted by atomic mass is 9.95. The van der Waals surface area contributed by atoms with Gasteiger partial charge in [-0.3, -0.25) is 4.99 Å². The van der Waals surface area contributed by atoms with Crippen molar-refractivity contribution in [1.82, 2.24) is 0 Å². The minimum atomic E-state index is -4.54. The maximum atomic E-state index is 12.8. The van der Waals surface area contributed by atoms with Crippen LogP contribution in [-0.2, 0) is 5.54 Å². The van der Waals surface area contributed by atoms with Crippen LogP contribution in [0, 0.1) is 0 Å². The number of carboxylic acids is 1. The van der Waals surface area contributed by atoms with Crippen molar-refractivity contribution in [2.45, 2.75) is 11.7 Å². The smallest absolute Gasteiger partial charge is 0.422 e. The van der Waals surface area contributed by atoms with Gasteiger partial charge in [-0.15, -0.1) is 0 Å². The standard InChI is InChI=1S/C11H8F3NO3/c1-18-8-4-6(2-3-7(8)9(16)17)10(5-15-10)11(12,13)14/h2-5H,1H3,(H,16,17). The number of aromatic carboxylic acids is 1. The van der Waals surface area contributed by atoms with Crippen LogP contribution in [0.4, 0.5) is 13.2 Å². The van der Waals surface area contributed by atoms with Gasteiger partial charge in [0.1, 0.15) is 11.3 Å². The Bertz CT molecular complexity index is 531. The summed E-state index contributed by atoms with van der Waals surface area (Å²) in [5.74, 6) is -1.39. The van der Waals surface area contributed by atoms with E-state index >= 15 is 0 Å². The first-order valence-corrected chi connectivity index (χ1v) is 4.87. The van der Waals surface area contributed by atoms with Crippen LogP contribution in [0.25, 0.3) is 0 Å². The lowest BCUT2D eigenvalue weighted by molar-refractivity contribution is -0.156. The number of carbonyl (C=O) groups is 1. The van der Waals surface area contributed by atoms with Gasteiger partial charge in [-0.1, -0.05) is 6.07 Å². The Kier molecular flexibility index (Phi) is 2.57. The highest BCUT2D eigenvalue weighted by Crippen LogP contribution is 2.48. The van der Waals surface area contributed by atoms with E-state index in [-0.39, 0.29) is 16.9 Å². The SMILES string of the molecule is COc1cc(C2(C(F)(F)F)C=N2)ccc1C(=O)O. The molecule has 1 unspecified atom stereocenters. The molecule has 0 aliphatic carbocycles. The molecule has 18 heavy (non-hydrogen) atoms. The average Bonchev–Trinajstić information content (AvgIpc) is 3.08. The van der Waals surface area contributed by atoms with E-state index in [1.807, 2.05) is 0 Å². The minimum absolute atomic E-state index is 0.126. The van der Waals surface area contributed by atoms with Crippen molar-refractivity contribution < 1.29 is 27.8 Å². The summed E-state index contributed by atoms with van der Waals surface area (Å²) in [6.45, 7) is 0. The molecule has 0 aromatic heterocycles. The first-order chi connectivity index (χ1) is 8.32. The first-order valence-electron chi connectivity index (χ1n) is 4.87. The molecule has 1 aliphatic heterocycles. The molecule has 0 radical (unpaired) electrons. The summed E-state index contributed by atoms with van der Waals surface area (Å²) in [4.78, 5) is 14.1. The Morgan fingerprint density at radius 2 is 2.06 bits per heavy atom. The Morgan fingerprint density at radius 1 is 1.44 bits per heavy atom. The summed E-state index contributed by atoms with van der Waals surface area (Å²) in [6, 6.07) is 3.21. The van der Waals surface area contributed by atoms with Gasteiger partial charge in [0.2, 0.25) is 5.54 Å². The van der Waals surface area contributed by atoms with Crippen molar-refractivity contribution in [3.63, 3.8) is 0 Å². The van der Waals surface area contributed by atoms with E-state index < -0.39 is 17.7 Å². The summed E-state index contributed by atoms with van der Waals surface area (Å²) >= 11 is 0. The van der Waals surface area contributed by atoms with Gasteiger partial charge in [-0.2, -0.15) is 13.2 Å². The van der Waals surface area contributed by atoms with Gasteiger partial charge in [-0.05, 0) is 17.7 Å². The van der Waals surface area contributed by atoms with Crippen LogP contribution in [0.3, 0.4) is 0 Å². The first kappa shape index (κ1) is 12.4. The number of ether oxygens (including phenoxy) is 1. The van der Waals surface area contributed by atoms with Gasteiger partial charge in [0.05, 0.1) is 7.11 Å². The fourth-order valence-corrected chi connectivity index (χ4v) is 1.63. The molecule has 7 heteroatoms. The molecule has 1 aliphatic rings. The Hall–Kier alpha value is -2.05. The van der Waals surface area contributed by atoms with Gasteiger partial charge in [-0.25, -0.2) is 4.79 Å². The number of methoxy groups -OCH3 is 1. The number of nitrogens with zero attached hydrogens (tertiary/aromatic N) is 1. The quantitative estimate of drug-likeness (QED) is 0.905. The van der Waals surface area contributed by atoms with Crippen molar-refractivity contribution in [1.29, 1.82) is 0 Å². The Balaban J connectivity index is 2.46. The van der Waals surface area contributed by atoms with E-state index in [0.717, 1.165) is 24.4 Å². The van der Waals surface area contributed by atoms with E-state index in [9.17, 15) is 18.0 Å². The number of rotatable bonds is 3. The van der Waals surface area contributed by atoms with E-state index in [2.05, 4.69) is 4.99 Å². The normalized spacial score (nSPS) is 21.8. The van der Waals surface area contributed by atoms with E-state index in [0.29, 0.717) is 0 Å². The number of halogens is 3. The van der Waals surface area contributed by atoms with Crippen LogP contribution >= 0.6 is 0 Å².